The van der Waals surface area contributed by atoms with E-state index in [9.17, 15) is 4.79 Å². The van der Waals surface area contributed by atoms with Crippen LogP contribution in [0.15, 0.2) is 78.9 Å². The Balaban J connectivity index is 2.08. The van der Waals surface area contributed by atoms with Gasteiger partial charge in [0.25, 0.3) is 0 Å². The molecule has 0 saturated heterocycles. The van der Waals surface area contributed by atoms with Crippen LogP contribution in [-0.4, -0.2) is 5.97 Å². The second-order valence-corrected chi connectivity index (χ2v) is 4.91. The van der Waals surface area contributed by atoms with E-state index in [1.165, 1.54) is 0 Å². The number of esters is 1. The van der Waals surface area contributed by atoms with Gasteiger partial charge in [0.1, 0.15) is 5.75 Å². The smallest absolute Gasteiger partial charge is 0.336 e. The molecule has 0 aliphatic carbocycles. The van der Waals surface area contributed by atoms with Crippen molar-refractivity contribution in [3.8, 4) is 22.9 Å². The number of carbonyl (C=O) groups excluding carboxylic acids is 1. The summed E-state index contributed by atoms with van der Waals surface area (Å²) in [6.07, 6.45) is 2.21. The lowest BCUT2D eigenvalue weighted by Crippen LogP contribution is -2.04. The molecule has 0 aliphatic rings. The number of fused-ring (bicyclic) bond motifs is 1. The van der Waals surface area contributed by atoms with E-state index in [1.54, 1.807) is 12.1 Å². The summed E-state index contributed by atoms with van der Waals surface area (Å²) in [4.78, 5) is 11.8. The van der Waals surface area contributed by atoms with Gasteiger partial charge < -0.3 is 4.74 Å². The van der Waals surface area contributed by atoms with Gasteiger partial charge in [-0.05, 0) is 22.4 Å². The molecular weight excluding hydrogens is 286 g/mol. The van der Waals surface area contributed by atoms with E-state index in [1.807, 2.05) is 60.7 Å². The fourth-order valence-corrected chi connectivity index (χ4v) is 2.49. The summed E-state index contributed by atoms with van der Waals surface area (Å²) >= 11 is 0. The van der Waals surface area contributed by atoms with Gasteiger partial charge in [0.2, 0.25) is 0 Å². The van der Waals surface area contributed by atoms with E-state index in [4.69, 9.17) is 10.00 Å². The Morgan fingerprint density at radius 3 is 2.48 bits per heavy atom. The molecule has 0 heterocycles. The molecule has 3 aromatic rings. The molecule has 0 spiro atoms. The Morgan fingerprint density at radius 1 is 0.913 bits per heavy atom. The van der Waals surface area contributed by atoms with Gasteiger partial charge in [0.05, 0.1) is 6.07 Å². The lowest BCUT2D eigenvalue weighted by molar-refractivity contribution is -0.128. The van der Waals surface area contributed by atoms with E-state index >= 15 is 0 Å². The number of para-hydroxylation sites is 1. The first-order valence-corrected chi connectivity index (χ1v) is 7.15. The maximum absolute atomic E-state index is 11.8. The summed E-state index contributed by atoms with van der Waals surface area (Å²) in [6.45, 7) is 0. The van der Waals surface area contributed by atoms with E-state index < -0.39 is 5.97 Å². The van der Waals surface area contributed by atoms with Crippen molar-refractivity contribution in [3.63, 3.8) is 0 Å². The van der Waals surface area contributed by atoms with Crippen LogP contribution in [-0.2, 0) is 4.79 Å². The molecule has 0 fully saturated rings. The third-order valence-corrected chi connectivity index (χ3v) is 3.47. The first-order valence-electron chi connectivity index (χ1n) is 7.15. The molecular formula is C20H13NO2. The van der Waals surface area contributed by atoms with Gasteiger partial charge in [0.15, 0.2) is 0 Å². The van der Waals surface area contributed by atoms with Crippen LogP contribution in [0.1, 0.15) is 0 Å². The van der Waals surface area contributed by atoms with Gasteiger partial charge >= 0.3 is 5.97 Å². The summed E-state index contributed by atoms with van der Waals surface area (Å²) < 4.78 is 5.37. The minimum absolute atomic E-state index is 0.469. The number of benzene rings is 3. The van der Waals surface area contributed by atoms with Crippen LogP contribution in [0.4, 0.5) is 0 Å². The van der Waals surface area contributed by atoms with Gasteiger partial charge in [-0.2, -0.15) is 5.26 Å². The molecule has 0 aromatic heterocycles. The van der Waals surface area contributed by atoms with Crippen LogP contribution in [0.2, 0.25) is 0 Å². The molecule has 0 unspecified atom stereocenters. The molecule has 0 amide bonds. The fourth-order valence-electron chi connectivity index (χ4n) is 2.49. The van der Waals surface area contributed by atoms with Gasteiger partial charge in [0, 0.05) is 17.7 Å². The minimum atomic E-state index is -0.570. The van der Waals surface area contributed by atoms with Crippen molar-refractivity contribution in [2.24, 2.45) is 0 Å². The fraction of sp³-hybridized carbons (Fsp3) is 0. The third-order valence-electron chi connectivity index (χ3n) is 3.47. The predicted octanol–water partition coefficient (Wildman–Crippen LogP) is 4.49. The standard InChI is InChI=1S/C20H13NO2/c21-14-6-13-20(22)23-19-12-4-3-10-18(19)17-11-5-8-15-7-1-2-9-16(15)17/h1-13H. The zero-order chi connectivity index (χ0) is 16.1. The van der Waals surface area contributed by atoms with Crippen molar-refractivity contribution in [2.75, 3.05) is 0 Å². The summed E-state index contributed by atoms with van der Waals surface area (Å²) in [6, 6.07) is 23.2. The maximum Gasteiger partial charge on any atom is 0.336 e. The summed E-state index contributed by atoms with van der Waals surface area (Å²) in [5.41, 5.74) is 1.83. The second kappa shape index (κ2) is 6.59. The number of ether oxygens (including phenoxy) is 1. The van der Waals surface area contributed by atoms with Gasteiger partial charge in [-0.15, -0.1) is 0 Å². The Kier molecular flexibility index (Phi) is 4.17. The van der Waals surface area contributed by atoms with Crippen molar-refractivity contribution in [3.05, 3.63) is 78.9 Å². The number of nitrogens with zero attached hydrogens (tertiary/aromatic N) is 1. The van der Waals surface area contributed by atoms with Gasteiger partial charge in [-0.3, -0.25) is 0 Å². The highest BCUT2D eigenvalue weighted by Crippen LogP contribution is 2.34. The van der Waals surface area contributed by atoms with E-state index in [-0.39, 0.29) is 0 Å². The lowest BCUT2D eigenvalue weighted by Gasteiger charge is -2.11. The number of carbonyl (C=O) groups is 1. The van der Waals surface area contributed by atoms with E-state index in [0.29, 0.717) is 5.75 Å². The summed E-state index contributed by atoms with van der Waals surface area (Å²) in [7, 11) is 0. The molecule has 23 heavy (non-hydrogen) atoms. The monoisotopic (exact) mass is 299 g/mol. The number of rotatable bonds is 3. The van der Waals surface area contributed by atoms with Crippen LogP contribution >= 0.6 is 0 Å². The van der Waals surface area contributed by atoms with Crippen molar-refractivity contribution < 1.29 is 9.53 Å². The van der Waals surface area contributed by atoms with Crippen molar-refractivity contribution >= 4 is 16.7 Å². The molecule has 0 radical (unpaired) electrons. The quantitative estimate of drug-likeness (QED) is 0.310. The molecule has 3 rings (SSSR count). The Morgan fingerprint density at radius 2 is 1.61 bits per heavy atom. The number of hydrogen-bond acceptors (Lipinski definition) is 3. The third kappa shape index (κ3) is 3.12. The van der Waals surface area contributed by atoms with E-state index in [2.05, 4.69) is 0 Å². The zero-order valence-electron chi connectivity index (χ0n) is 12.3. The van der Waals surface area contributed by atoms with E-state index in [0.717, 1.165) is 34.1 Å². The van der Waals surface area contributed by atoms with Gasteiger partial charge in [-0.25, -0.2) is 4.79 Å². The largest absolute Gasteiger partial charge is 0.423 e. The van der Waals surface area contributed by atoms with Crippen molar-refractivity contribution in [1.82, 2.24) is 0 Å². The van der Waals surface area contributed by atoms with Crippen LogP contribution in [0, 0.1) is 11.3 Å². The van der Waals surface area contributed by atoms with Crippen molar-refractivity contribution in [2.45, 2.75) is 0 Å². The number of hydrogen-bond donors (Lipinski definition) is 0. The molecule has 0 atom stereocenters. The van der Waals surface area contributed by atoms with Crippen LogP contribution in [0.25, 0.3) is 21.9 Å². The predicted molar refractivity (Wildman–Crippen MR) is 89.8 cm³/mol. The summed E-state index contributed by atoms with van der Waals surface area (Å²) in [5.74, 6) is -0.101. The first kappa shape index (κ1) is 14.6. The van der Waals surface area contributed by atoms with Crippen molar-refractivity contribution in [1.29, 1.82) is 5.26 Å². The highest BCUT2D eigenvalue weighted by atomic mass is 16.5. The average Bonchev–Trinajstić information content (AvgIpc) is 2.60. The molecule has 0 N–H and O–H groups in total. The maximum atomic E-state index is 11.8. The molecule has 3 nitrogen and oxygen atoms in total. The molecule has 3 aromatic carbocycles. The number of allylic oxidation sites excluding steroid dienone is 1. The Hall–Kier alpha value is -3.38. The SMILES string of the molecule is N#CC=CC(=O)Oc1ccccc1-c1cccc2ccccc12. The molecule has 0 saturated carbocycles. The molecule has 0 bridgehead atoms. The first-order chi connectivity index (χ1) is 11.3. The van der Waals surface area contributed by atoms with Gasteiger partial charge in [-0.1, -0.05) is 60.7 Å². The topological polar surface area (TPSA) is 50.1 Å². The summed E-state index contributed by atoms with van der Waals surface area (Å²) in [5, 5.41) is 10.7. The zero-order valence-corrected chi connectivity index (χ0v) is 12.3. The van der Waals surface area contributed by atoms with Crippen LogP contribution in [0.5, 0.6) is 5.75 Å². The second-order valence-electron chi connectivity index (χ2n) is 4.91. The van der Waals surface area contributed by atoms with Crippen LogP contribution in [0.3, 0.4) is 0 Å². The number of nitriles is 1. The Bertz CT molecular complexity index is 930. The lowest BCUT2D eigenvalue weighted by atomic mass is 9.98. The minimum Gasteiger partial charge on any atom is -0.423 e. The normalized spacial score (nSPS) is 10.6. The molecule has 3 heteroatoms. The Labute approximate surface area is 134 Å². The van der Waals surface area contributed by atoms with Crippen LogP contribution < -0.4 is 4.74 Å². The molecule has 0 aliphatic heterocycles. The average molecular weight is 299 g/mol. The molecule has 110 valence electrons. The highest BCUT2D eigenvalue weighted by Gasteiger charge is 2.11. The highest BCUT2D eigenvalue weighted by molar-refractivity contribution is 5.98.